The summed E-state index contributed by atoms with van der Waals surface area (Å²) < 4.78 is 39.8. The van der Waals surface area contributed by atoms with Crippen molar-refractivity contribution in [3.05, 3.63) is 21.8 Å². The van der Waals surface area contributed by atoms with Crippen molar-refractivity contribution in [2.24, 2.45) is 0 Å². The van der Waals surface area contributed by atoms with E-state index in [-0.39, 0.29) is 10.6 Å². The minimum Gasteiger partial charge on any atom is -0.405 e. The van der Waals surface area contributed by atoms with E-state index in [0.717, 1.165) is 3.57 Å². The van der Waals surface area contributed by atoms with Crippen molar-refractivity contribution < 1.29 is 17.9 Å². The molecule has 0 aromatic heterocycles. The predicted molar refractivity (Wildman–Crippen MR) is 53.1 cm³/mol. The van der Waals surface area contributed by atoms with Gasteiger partial charge in [0.2, 0.25) is 0 Å². The first-order valence-corrected chi connectivity index (χ1v) is 4.65. The van der Waals surface area contributed by atoms with Gasteiger partial charge in [-0.25, -0.2) is 0 Å². The van der Waals surface area contributed by atoms with Crippen LogP contribution in [-0.4, -0.2) is 6.36 Å². The van der Waals surface area contributed by atoms with Crippen LogP contribution in [0.15, 0.2) is 23.1 Å². The minimum absolute atomic E-state index is 0.171. The first-order chi connectivity index (χ1) is 5.88. The Labute approximate surface area is 91.8 Å². The van der Waals surface area contributed by atoms with Gasteiger partial charge in [-0.2, -0.15) is 0 Å². The van der Waals surface area contributed by atoms with Crippen LogP contribution in [0.3, 0.4) is 0 Å². The van der Waals surface area contributed by atoms with E-state index in [1.807, 2.05) is 22.6 Å². The van der Waals surface area contributed by atoms with Gasteiger partial charge in [-0.3, -0.25) is 0 Å². The first-order valence-electron chi connectivity index (χ1n) is 3.13. The summed E-state index contributed by atoms with van der Waals surface area (Å²) >= 11 is 5.82. The highest BCUT2D eigenvalue weighted by Crippen LogP contribution is 2.29. The van der Waals surface area contributed by atoms with Crippen molar-refractivity contribution in [2.75, 3.05) is 0 Å². The summed E-state index contributed by atoms with van der Waals surface area (Å²) in [5, 5.41) is 0. The van der Waals surface area contributed by atoms with Crippen molar-refractivity contribution in [3.63, 3.8) is 0 Å². The minimum atomic E-state index is -4.66. The van der Waals surface area contributed by atoms with Gasteiger partial charge < -0.3 is 4.74 Å². The number of thiol groups is 1. The van der Waals surface area contributed by atoms with Crippen LogP contribution in [0.5, 0.6) is 5.75 Å². The van der Waals surface area contributed by atoms with Crippen LogP contribution in [0.2, 0.25) is 0 Å². The topological polar surface area (TPSA) is 9.23 Å². The fourth-order valence-electron chi connectivity index (χ4n) is 0.702. The Morgan fingerprint density at radius 1 is 1.31 bits per heavy atom. The van der Waals surface area contributed by atoms with Gasteiger partial charge in [-0.1, -0.05) is 0 Å². The van der Waals surface area contributed by atoms with E-state index in [1.54, 1.807) is 0 Å². The van der Waals surface area contributed by atoms with Gasteiger partial charge >= 0.3 is 6.36 Å². The average molecular weight is 320 g/mol. The molecule has 1 aromatic rings. The van der Waals surface area contributed by atoms with Crippen molar-refractivity contribution >= 4 is 35.2 Å². The summed E-state index contributed by atoms with van der Waals surface area (Å²) in [6, 6.07) is 4.24. The van der Waals surface area contributed by atoms with Gasteiger partial charge in [0.05, 0.1) is 0 Å². The van der Waals surface area contributed by atoms with Crippen LogP contribution in [0.4, 0.5) is 13.2 Å². The summed E-state index contributed by atoms with van der Waals surface area (Å²) in [4.78, 5) is 0.171. The highest BCUT2D eigenvalue weighted by atomic mass is 127. The Morgan fingerprint density at radius 3 is 2.38 bits per heavy atom. The van der Waals surface area contributed by atoms with E-state index in [2.05, 4.69) is 17.4 Å². The summed E-state index contributed by atoms with van der Waals surface area (Å²) in [5.74, 6) is -0.281. The molecule has 0 saturated carbocycles. The number of hydrogen-bond donors (Lipinski definition) is 1. The van der Waals surface area contributed by atoms with Crippen molar-refractivity contribution in [1.82, 2.24) is 0 Å². The molecule has 0 amide bonds. The number of hydrogen-bond acceptors (Lipinski definition) is 2. The number of halogens is 4. The van der Waals surface area contributed by atoms with Gasteiger partial charge in [0.25, 0.3) is 0 Å². The predicted octanol–water partition coefficient (Wildman–Crippen LogP) is 3.48. The van der Waals surface area contributed by atoms with Gasteiger partial charge in [0.1, 0.15) is 5.75 Å². The van der Waals surface area contributed by atoms with Crippen LogP contribution >= 0.6 is 35.2 Å². The Bertz CT molecular complexity index is 313. The number of ether oxygens (including phenoxy) is 1. The number of benzene rings is 1. The lowest BCUT2D eigenvalue weighted by Gasteiger charge is -2.10. The fraction of sp³-hybridized carbons (Fsp3) is 0.143. The molecule has 0 bridgehead atoms. The van der Waals surface area contributed by atoms with Gasteiger partial charge in [0.15, 0.2) is 0 Å². The molecule has 0 N–H and O–H groups in total. The fourth-order valence-corrected chi connectivity index (χ4v) is 1.70. The smallest absolute Gasteiger partial charge is 0.405 e. The second-order valence-electron chi connectivity index (χ2n) is 2.16. The highest BCUT2D eigenvalue weighted by Gasteiger charge is 2.31. The Hall–Kier alpha value is -0.110. The van der Waals surface area contributed by atoms with Crippen molar-refractivity contribution in [2.45, 2.75) is 11.3 Å². The molecule has 13 heavy (non-hydrogen) atoms. The molecule has 0 spiro atoms. The standard InChI is InChI=1S/C7H4F3IOS/c8-7(9,10)12-5-2-1-4(11)3-6(5)13/h1-3,13H. The molecule has 1 rings (SSSR count). The van der Waals surface area contributed by atoms with Crippen LogP contribution in [0.1, 0.15) is 0 Å². The second-order valence-corrected chi connectivity index (χ2v) is 3.89. The highest BCUT2D eigenvalue weighted by molar-refractivity contribution is 14.1. The summed E-state index contributed by atoms with van der Waals surface area (Å²) in [7, 11) is 0. The molecule has 6 heteroatoms. The van der Waals surface area contributed by atoms with Gasteiger partial charge in [-0.05, 0) is 40.8 Å². The van der Waals surface area contributed by atoms with E-state index in [0.29, 0.717) is 0 Å². The quantitative estimate of drug-likeness (QED) is 0.616. The molecule has 72 valence electrons. The number of alkyl halides is 3. The third kappa shape index (κ3) is 3.63. The molecule has 1 nitrogen and oxygen atoms in total. The second kappa shape index (κ2) is 3.95. The average Bonchev–Trinajstić information content (AvgIpc) is 1.93. The molecule has 0 fully saturated rings. The molecule has 0 saturated heterocycles. The monoisotopic (exact) mass is 320 g/mol. The van der Waals surface area contributed by atoms with Crippen LogP contribution in [-0.2, 0) is 0 Å². The van der Waals surface area contributed by atoms with Crippen molar-refractivity contribution in [3.8, 4) is 5.75 Å². The maximum absolute atomic E-state index is 11.8. The van der Waals surface area contributed by atoms with Crippen molar-refractivity contribution in [1.29, 1.82) is 0 Å². The van der Waals surface area contributed by atoms with E-state index in [1.165, 1.54) is 18.2 Å². The lowest BCUT2D eigenvalue weighted by Crippen LogP contribution is -2.17. The van der Waals surface area contributed by atoms with E-state index in [4.69, 9.17) is 0 Å². The normalized spacial score (nSPS) is 11.5. The van der Waals surface area contributed by atoms with Gasteiger partial charge in [-0.15, -0.1) is 25.8 Å². The van der Waals surface area contributed by atoms with Crippen LogP contribution in [0.25, 0.3) is 0 Å². The lowest BCUT2D eigenvalue weighted by atomic mass is 10.3. The summed E-state index contributed by atoms with van der Waals surface area (Å²) in [5.41, 5.74) is 0. The zero-order valence-electron chi connectivity index (χ0n) is 6.10. The zero-order chi connectivity index (χ0) is 10.1. The molecule has 0 aliphatic rings. The molecule has 0 aliphatic heterocycles. The molecular weight excluding hydrogens is 316 g/mol. The zero-order valence-corrected chi connectivity index (χ0v) is 9.15. The lowest BCUT2D eigenvalue weighted by molar-refractivity contribution is -0.275. The Morgan fingerprint density at radius 2 is 1.92 bits per heavy atom. The van der Waals surface area contributed by atoms with E-state index >= 15 is 0 Å². The van der Waals surface area contributed by atoms with Gasteiger partial charge in [0, 0.05) is 8.47 Å². The maximum Gasteiger partial charge on any atom is 0.573 e. The number of rotatable bonds is 1. The first kappa shape index (κ1) is 11.0. The van der Waals surface area contributed by atoms with Crippen LogP contribution in [0, 0.1) is 3.57 Å². The maximum atomic E-state index is 11.8. The molecule has 1 aromatic carbocycles. The molecule has 0 atom stereocenters. The molecular formula is C7H4F3IOS. The third-order valence-electron chi connectivity index (χ3n) is 1.15. The van der Waals surface area contributed by atoms with E-state index in [9.17, 15) is 13.2 Å². The third-order valence-corrected chi connectivity index (χ3v) is 2.17. The van der Waals surface area contributed by atoms with Crippen LogP contribution < -0.4 is 4.74 Å². The largest absolute Gasteiger partial charge is 0.573 e. The molecule has 0 unspecified atom stereocenters. The SMILES string of the molecule is FC(F)(F)Oc1ccc(I)cc1S. The molecule has 0 radical (unpaired) electrons. The molecule has 0 heterocycles. The Kier molecular flexibility index (Phi) is 3.33. The Balaban J connectivity index is 2.90. The van der Waals surface area contributed by atoms with E-state index < -0.39 is 6.36 Å². The summed E-state index contributed by atoms with van der Waals surface area (Å²) in [6.07, 6.45) is -4.66. The summed E-state index contributed by atoms with van der Waals surface area (Å²) in [6.45, 7) is 0. The molecule has 0 aliphatic carbocycles.